The summed E-state index contributed by atoms with van der Waals surface area (Å²) in [6.07, 6.45) is 4.73. The van der Waals surface area contributed by atoms with Gasteiger partial charge in [-0.2, -0.15) is 0 Å². The van der Waals surface area contributed by atoms with Gasteiger partial charge in [0.15, 0.2) is 0 Å². The molecule has 5 heteroatoms. The van der Waals surface area contributed by atoms with Crippen LogP contribution in [0.4, 0.5) is 0 Å². The lowest BCUT2D eigenvalue weighted by Crippen LogP contribution is -2.36. The molecule has 1 unspecified atom stereocenters. The molecule has 1 aliphatic carbocycles. The maximum absolute atomic E-state index is 12.3. The van der Waals surface area contributed by atoms with E-state index in [-0.39, 0.29) is 11.4 Å². The molecule has 1 heterocycles. The molecule has 2 rings (SSSR count). The quantitative estimate of drug-likeness (QED) is 0.845. The Balaban J connectivity index is 2.17. The number of nitrogens with zero attached hydrogens (tertiary/aromatic N) is 1. The Morgan fingerprint density at radius 1 is 1.48 bits per heavy atom. The number of esters is 1. The molecule has 1 aromatic rings. The molecule has 0 radical (unpaired) electrons. The van der Waals surface area contributed by atoms with Crippen LogP contribution >= 0.6 is 11.3 Å². The van der Waals surface area contributed by atoms with Crippen LogP contribution in [0.15, 0.2) is 5.38 Å². The number of ether oxygens (including phenoxy) is 1. The van der Waals surface area contributed by atoms with E-state index in [0.29, 0.717) is 12.6 Å². The molecular formula is C16H26N2O2S. The minimum Gasteiger partial charge on any atom is -0.465 e. The van der Waals surface area contributed by atoms with Crippen LogP contribution in [0, 0.1) is 0 Å². The molecule has 0 amide bonds. The van der Waals surface area contributed by atoms with E-state index in [2.05, 4.69) is 31.1 Å². The molecule has 1 aliphatic rings. The van der Waals surface area contributed by atoms with E-state index >= 15 is 0 Å². The van der Waals surface area contributed by atoms with Crippen LogP contribution in [0.3, 0.4) is 0 Å². The summed E-state index contributed by atoms with van der Waals surface area (Å²) in [4.78, 5) is 17.0. The molecule has 1 fully saturated rings. The lowest BCUT2D eigenvalue weighted by Gasteiger charge is -2.20. The zero-order valence-corrected chi connectivity index (χ0v) is 14.3. The largest absolute Gasteiger partial charge is 0.465 e. The highest BCUT2D eigenvalue weighted by Gasteiger charge is 2.30. The fourth-order valence-corrected chi connectivity index (χ4v) is 3.52. The highest BCUT2D eigenvalue weighted by atomic mass is 32.1. The Morgan fingerprint density at radius 2 is 2.14 bits per heavy atom. The van der Waals surface area contributed by atoms with Crippen molar-refractivity contribution in [1.82, 2.24) is 10.3 Å². The smallest absolute Gasteiger partial charge is 0.329 e. The second kappa shape index (κ2) is 6.88. The van der Waals surface area contributed by atoms with Gasteiger partial charge in [-0.05, 0) is 19.8 Å². The van der Waals surface area contributed by atoms with Crippen LogP contribution in [0.2, 0.25) is 0 Å². The molecule has 4 nitrogen and oxygen atoms in total. The Bertz CT molecular complexity index is 473. The standard InChI is InChI=1S/C16H26N2O2S/c1-5-20-14(19)13(17-11-8-6-7-9-11)12-10-21-15(18-12)16(2,3)4/h10-11,13,17H,5-9H2,1-4H3. The van der Waals surface area contributed by atoms with Crippen molar-refractivity contribution in [3.05, 3.63) is 16.1 Å². The predicted octanol–water partition coefficient (Wildman–Crippen LogP) is 3.58. The van der Waals surface area contributed by atoms with E-state index in [1.54, 1.807) is 11.3 Å². The number of carbonyl (C=O) groups is 1. The minimum absolute atomic E-state index is 0.00941. The molecule has 0 bridgehead atoms. The first-order chi connectivity index (χ1) is 9.91. The van der Waals surface area contributed by atoms with Gasteiger partial charge in [0.2, 0.25) is 0 Å². The lowest BCUT2D eigenvalue weighted by atomic mass is 9.98. The highest BCUT2D eigenvalue weighted by molar-refractivity contribution is 7.09. The first-order valence-corrected chi connectivity index (χ1v) is 8.68. The van der Waals surface area contributed by atoms with Crippen molar-refractivity contribution in [1.29, 1.82) is 0 Å². The van der Waals surface area contributed by atoms with Gasteiger partial charge in [-0.1, -0.05) is 33.6 Å². The summed E-state index contributed by atoms with van der Waals surface area (Å²) in [5, 5.41) is 6.50. The van der Waals surface area contributed by atoms with Gasteiger partial charge >= 0.3 is 5.97 Å². The fourth-order valence-electron chi connectivity index (χ4n) is 2.59. The van der Waals surface area contributed by atoms with Crippen LogP contribution in [0.5, 0.6) is 0 Å². The summed E-state index contributed by atoms with van der Waals surface area (Å²) in [6, 6.07) is -0.0282. The van der Waals surface area contributed by atoms with Crippen molar-refractivity contribution in [3.63, 3.8) is 0 Å². The molecular weight excluding hydrogens is 284 g/mol. The molecule has 21 heavy (non-hydrogen) atoms. The van der Waals surface area contributed by atoms with Crippen LogP contribution in [-0.2, 0) is 14.9 Å². The van der Waals surface area contributed by atoms with E-state index < -0.39 is 6.04 Å². The van der Waals surface area contributed by atoms with Crippen LogP contribution in [-0.4, -0.2) is 23.6 Å². The summed E-state index contributed by atoms with van der Waals surface area (Å²) in [7, 11) is 0. The van der Waals surface area contributed by atoms with Gasteiger partial charge in [0.1, 0.15) is 6.04 Å². The third kappa shape index (κ3) is 4.27. The molecule has 118 valence electrons. The van der Waals surface area contributed by atoms with E-state index in [4.69, 9.17) is 4.74 Å². The van der Waals surface area contributed by atoms with Gasteiger partial charge in [-0.3, -0.25) is 5.32 Å². The van der Waals surface area contributed by atoms with Gasteiger partial charge in [0, 0.05) is 16.8 Å². The molecule has 0 aliphatic heterocycles. The molecule has 0 spiro atoms. The van der Waals surface area contributed by atoms with Crippen LogP contribution < -0.4 is 5.32 Å². The normalized spacial score (nSPS) is 17.9. The maximum atomic E-state index is 12.3. The summed E-state index contributed by atoms with van der Waals surface area (Å²) in [5.74, 6) is -0.213. The van der Waals surface area contributed by atoms with Crippen molar-refractivity contribution in [3.8, 4) is 0 Å². The average Bonchev–Trinajstić information content (AvgIpc) is 3.06. The molecule has 0 aromatic carbocycles. The van der Waals surface area contributed by atoms with Crippen molar-refractivity contribution < 1.29 is 9.53 Å². The van der Waals surface area contributed by atoms with Crippen molar-refractivity contribution in [2.45, 2.75) is 70.9 Å². The second-order valence-corrected chi connectivity index (χ2v) is 7.52. The zero-order chi connectivity index (χ0) is 15.5. The number of carbonyl (C=O) groups excluding carboxylic acids is 1. The van der Waals surface area contributed by atoms with Gasteiger partial charge in [-0.15, -0.1) is 11.3 Å². The first kappa shape index (κ1) is 16.4. The van der Waals surface area contributed by atoms with Crippen molar-refractivity contribution in [2.75, 3.05) is 6.61 Å². The molecule has 1 saturated carbocycles. The first-order valence-electron chi connectivity index (χ1n) is 7.80. The Morgan fingerprint density at radius 3 is 2.67 bits per heavy atom. The van der Waals surface area contributed by atoms with Crippen molar-refractivity contribution >= 4 is 17.3 Å². The monoisotopic (exact) mass is 310 g/mol. The Labute approximate surface area is 131 Å². The zero-order valence-electron chi connectivity index (χ0n) is 13.4. The van der Waals surface area contributed by atoms with Crippen LogP contribution in [0.25, 0.3) is 0 Å². The van der Waals surface area contributed by atoms with Crippen LogP contribution in [0.1, 0.15) is 70.1 Å². The Kier molecular flexibility index (Phi) is 5.38. The van der Waals surface area contributed by atoms with Gasteiger partial charge in [-0.25, -0.2) is 9.78 Å². The van der Waals surface area contributed by atoms with Gasteiger partial charge < -0.3 is 4.74 Å². The average molecular weight is 310 g/mol. The highest BCUT2D eigenvalue weighted by Crippen LogP contribution is 2.29. The summed E-state index contributed by atoms with van der Waals surface area (Å²) in [5.41, 5.74) is 0.811. The third-order valence-electron chi connectivity index (χ3n) is 3.74. The number of thiazole rings is 1. The van der Waals surface area contributed by atoms with E-state index in [1.807, 2.05) is 12.3 Å². The molecule has 0 saturated heterocycles. The molecule has 1 aromatic heterocycles. The summed E-state index contributed by atoms with van der Waals surface area (Å²) >= 11 is 1.62. The third-order valence-corrected chi connectivity index (χ3v) is 5.03. The number of aromatic nitrogens is 1. The predicted molar refractivity (Wildman–Crippen MR) is 85.6 cm³/mol. The Hall–Kier alpha value is -0.940. The second-order valence-electron chi connectivity index (χ2n) is 6.66. The summed E-state index contributed by atoms with van der Waals surface area (Å²) in [6.45, 7) is 8.66. The fraction of sp³-hybridized carbons (Fsp3) is 0.750. The number of hydrogen-bond donors (Lipinski definition) is 1. The maximum Gasteiger partial charge on any atom is 0.329 e. The minimum atomic E-state index is -0.430. The van der Waals surface area contributed by atoms with E-state index in [0.717, 1.165) is 23.5 Å². The van der Waals surface area contributed by atoms with Gasteiger partial charge in [0.25, 0.3) is 0 Å². The SMILES string of the molecule is CCOC(=O)C(NC1CCCC1)c1csc(C(C)(C)C)n1. The number of hydrogen-bond acceptors (Lipinski definition) is 5. The van der Waals surface area contributed by atoms with Crippen molar-refractivity contribution in [2.24, 2.45) is 0 Å². The molecule has 1 N–H and O–H groups in total. The van der Waals surface area contributed by atoms with E-state index in [1.165, 1.54) is 12.8 Å². The molecule has 1 atom stereocenters. The van der Waals surface area contributed by atoms with Gasteiger partial charge in [0.05, 0.1) is 17.3 Å². The number of nitrogens with one attached hydrogen (secondary N) is 1. The lowest BCUT2D eigenvalue weighted by molar-refractivity contribution is -0.146. The topological polar surface area (TPSA) is 51.2 Å². The summed E-state index contributed by atoms with van der Waals surface area (Å²) < 4.78 is 5.23. The number of rotatable bonds is 5. The van der Waals surface area contributed by atoms with E-state index in [9.17, 15) is 4.79 Å².